The molecular weight excluding hydrogens is 298 g/mol. The van der Waals surface area contributed by atoms with Crippen LogP contribution in [0.2, 0.25) is 0 Å². The second-order valence-corrected chi connectivity index (χ2v) is 4.86. The summed E-state index contributed by atoms with van der Waals surface area (Å²) < 4.78 is 10.2. The van der Waals surface area contributed by atoms with Crippen molar-refractivity contribution in [1.29, 1.82) is 0 Å². The molecule has 2 rings (SSSR count). The van der Waals surface area contributed by atoms with Crippen LogP contribution in [0, 0.1) is 6.92 Å². The number of carbonyl (C=O) groups is 2. The summed E-state index contributed by atoms with van der Waals surface area (Å²) in [5.41, 5.74) is 2.01. The Morgan fingerprint density at radius 3 is 2.43 bits per heavy atom. The molecule has 0 fully saturated rings. The van der Waals surface area contributed by atoms with Gasteiger partial charge >= 0.3 is 5.97 Å². The molecule has 0 saturated heterocycles. The summed E-state index contributed by atoms with van der Waals surface area (Å²) in [6.45, 7) is 1.50. The largest absolute Gasteiger partial charge is 0.495 e. The van der Waals surface area contributed by atoms with Crippen molar-refractivity contribution in [3.8, 4) is 11.5 Å². The highest BCUT2D eigenvalue weighted by atomic mass is 16.5. The monoisotopic (exact) mass is 315 g/mol. The zero-order valence-corrected chi connectivity index (χ0v) is 12.8. The van der Waals surface area contributed by atoms with Crippen molar-refractivity contribution in [2.24, 2.45) is 0 Å². The standard InChI is InChI=1S/C17H17NO5/c1-11-3-8-15(22-2)14(9-11)18-17(21)12-4-6-13(7-5-12)23-10-16(19)20/h3-9H,10H2,1-2H3,(H,18,21)(H,19,20). The number of aliphatic carboxylic acids is 1. The number of amides is 1. The van der Waals surface area contributed by atoms with Crippen LogP contribution in [0.4, 0.5) is 5.69 Å². The lowest BCUT2D eigenvalue weighted by Crippen LogP contribution is -2.13. The van der Waals surface area contributed by atoms with E-state index < -0.39 is 12.6 Å². The first kappa shape index (κ1) is 16.4. The molecule has 0 radical (unpaired) electrons. The molecule has 120 valence electrons. The van der Waals surface area contributed by atoms with Gasteiger partial charge in [0, 0.05) is 5.56 Å². The third-order valence-electron chi connectivity index (χ3n) is 3.08. The molecule has 0 aliphatic carbocycles. The van der Waals surface area contributed by atoms with Crippen LogP contribution in [0.5, 0.6) is 11.5 Å². The van der Waals surface area contributed by atoms with E-state index in [2.05, 4.69) is 5.32 Å². The molecule has 2 N–H and O–H groups in total. The normalized spacial score (nSPS) is 10.0. The Balaban J connectivity index is 2.09. The molecule has 2 aromatic rings. The number of benzene rings is 2. The summed E-state index contributed by atoms with van der Waals surface area (Å²) in [6, 6.07) is 11.7. The molecule has 0 spiro atoms. The van der Waals surface area contributed by atoms with Crippen LogP contribution in [-0.2, 0) is 4.79 Å². The first-order valence-electron chi connectivity index (χ1n) is 6.90. The number of anilines is 1. The summed E-state index contributed by atoms with van der Waals surface area (Å²) in [4.78, 5) is 22.7. The molecule has 1 amide bonds. The number of hydrogen-bond donors (Lipinski definition) is 2. The molecule has 0 aliphatic rings. The van der Waals surface area contributed by atoms with E-state index in [-0.39, 0.29) is 5.91 Å². The number of hydrogen-bond acceptors (Lipinski definition) is 4. The lowest BCUT2D eigenvalue weighted by Gasteiger charge is -2.11. The van der Waals surface area contributed by atoms with Gasteiger partial charge in [-0.25, -0.2) is 4.79 Å². The van der Waals surface area contributed by atoms with E-state index in [1.165, 1.54) is 7.11 Å². The van der Waals surface area contributed by atoms with Crippen LogP contribution in [-0.4, -0.2) is 30.7 Å². The highest BCUT2D eigenvalue weighted by Crippen LogP contribution is 2.26. The van der Waals surface area contributed by atoms with E-state index >= 15 is 0 Å². The highest BCUT2D eigenvalue weighted by Gasteiger charge is 2.10. The van der Waals surface area contributed by atoms with E-state index in [4.69, 9.17) is 14.6 Å². The van der Waals surface area contributed by atoms with Gasteiger partial charge < -0.3 is 19.9 Å². The van der Waals surface area contributed by atoms with Crippen molar-refractivity contribution in [1.82, 2.24) is 0 Å². The van der Waals surface area contributed by atoms with E-state index in [1.54, 1.807) is 30.3 Å². The van der Waals surface area contributed by atoms with Gasteiger partial charge in [-0.2, -0.15) is 0 Å². The topological polar surface area (TPSA) is 84.9 Å². The SMILES string of the molecule is COc1ccc(C)cc1NC(=O)c1ccc(OCC(=O)O)cc1. The summed E-state index contributed by atoms with van der Waals surface area (Å²) in [5.74, 6) is -0.389. The molecular formula is C17H17NO5. The number of carbonyl (C=O) groups excluding carboxylic acids is 1. The fraction of sp³-hybridized carbons (Fsp3) is 0.176. The maximum absolute atomic E-state index is 12.3. The van der Waals surface area contributed by atoms with Crippen LogP contribution >= 0.6 is 0 Å². The van der Waals surface area contributed by atoms with Gasteiger partial charge in [-0.3, -0.25) is 4.79 Å². The average Bonchev–Trinajstić information content (AvgIpc) is 2.53. The van der Waals surface area contributed by atoms with Gasteiger partial charge in [-0.1, -0.05) is 6.07 Å². The number of aryl methyl sites for hydroxylation is 1. The fourth-order valence-corrected chi connectivity index (χ4v) is 1.96. The van der Waals surface area contributed by atoms with Gasteiger partial charge in [0.1, 0.15) is 11.5 Å². The second kappa shape index (κ2) is 7.31. The Kier molecular flexibility index (Phi) is 5.19. The molecule has 0 heterocycles. The molecule has 6 nitrogen and oxygen atoms in total. The van der Waals surface area contributed by atoms with Gasteiger partial charge in [0.2, 0.25) is 0 Å². The quantitative estimate of drug-likeness (QED) is 0.856. The maximum Gasteiger partial charge on any atom is 0.341 e. The van der Waals surface area contributed by atoms with Crippen molar-refractivity contribution in [3.05, 3.63) is 53.6 Å². The highest BCUT2D eigenvalue weighted by molar-refractivity contribution is 6.05. The third-order valence-corrected chi connectivity index (χ3v) is 3.08. The van der Waals surface area contributed by atoms with E-state index in [9.17, 15) is 9.59 Å². The van der Waals surface area contributed by atoms with Crippen LogP contribution in [0.15, 0.2) is 42.5 Å². The zero-order chi connectivity index (χ0) is 16.8. The van der Waals surface area contributed by atoms with E-state index in [0.29, 0.717) is 22.7 Å². The van der Waals surface area contributed by atoms with Gasteiger partial charge in [-0.05, 0) is 48.9 Å². The van der Waals surface area contributed by atoms with Crippen LogP contribution in [0.3, 0.4) is 0 Å². The lowest BCUT2D eigenvalue weighted by molar-refractivity contribution is -0.139. The number of carboxylic acid groups (broad SMARTS) is 1. The first-order valence-corrected chi connectivity index (χ1v) is 6.90. The molecule has 6 heteroatoms. The number of nitrogens with one attached hydrogen (secondary N) is 1. The summed E-state index contributed by atoms with van der Waals surface area (Å²) in [5, 5.41) is 11.3. The molecule has 0 unspecified atom stereocenters. The molecule has 0 atom stereocenters. The van der Waals surface area contributed by atoms with Crippen LogP contribution in [0.1, 0.15) is 15.9 Å². The summed E-state index contributed by atoms with van der Waals surface area (Å²) >= 11 is 0. The molecule has 2 aromatic carbocycles. The summed E-state index contributed by atoms with van der Waals surface area (Å²) in [7, 11) is 1.54. The minimum Gasteiger partial charge on any atom is -0.495 e. The Labute approximate surface area is 133 Å². The van der Waals surface area contributed by atoms with E-state index in [0.717, 1.165) is 5.56 Å². The van der Waals surface area contributed by atoms with Gasteiger partial charge in [0.15, 0.2) is 6.61 Å². The average molecular weight is 315 g/mol. The second-order valence-electron chi connectivity index (χ2n) is 4.86. The molecule has 0 saturated carbocycles. The minimum atomic E-state index is -1.06. The maximum atomic E-state index is 12.3. The third kappa shape index (κ3) is 4.47. The first-order chi connectivity index (χ1) is 11.0. The van der Waals surface area contributed by atoms with Crippen molar-refractivity contribution >= 4 is 17.6 Å². The molecule has 0 aliphatic heterocycles. The number of ether oxygens (including phenoxy) is 2. The van der Waals surface area contributed by atoms with Gasteiger partial charge in [0.05, 0.1) is 12.8 Å². The van der Waals surface area contributed by atoms with Crippen LogP contribution < -0.4 is 14.8 Å². The van der Waals surface area contributed by atoms with Crippen molar-refractivity contribution < 1.29 is 24.2 Å². The molecule has 23 heavy (non-hydrogen) atoms. The Bertz CT molecular complexity index is 709. The smallest absolute Gasteiger partial charge is 0.341 e. The Morgan fingerprint density at radius 1 is 1.13 bits per heavy atom. The molecule has 0 bridgehead atoms. The predicted octanol–water partition coefficient (Wildman–Crippen LogP) is 2.72. The summed E-state index contributed by atoms with van der Waals surface area (Å²) in [6.07, 6.45) is 0. The minimum absolute atomic E-state index is 0.293. The Morgan fingerprint density at radius 2 is 1.83 bits per heavy atom. The molecule has 0 aromatic heterocycles. The zero-order valence-electron chi connectivity index (χ0n) is 12.8. The van der Waals surface area contributed by atoms with Gasteiger partial charge in [-0.15, -0.1) is 0 Å². The van der Waals surface area contributed by atoms with Crippen molar-refractivity contribution in [3.63, 3.8) is 0 Å². The number of carboxylic acids is 1. The van der Waals surface area contributed by atoms with Crippen molar-refractivity contribution in [2.45, 2.75) is 6.92 Å². The predicted molar refractivity (Wildman–Crippen MR) is 85.3 cm³/mol. The van der Waals surface area contributed by atoms with Gasteiger partial charge in [0.25, 0.3) is 5.91 Å². The number of methoxy groups -OCH3 is 1. The number of rotatable bonds is 6. The van der Waals surface area contributed by atoms with Crippen LogP contribution in [0.25, 0.3) is 0 Å². The Hall–Kier alpha value is -3.02. The lowest BCUT2D eigenvalue weighted by atomic mass is 10.1. The van der Waals surface area contributed by atoms with E-state index in [1.807, 2.05) is 19.1 Å². The van der Waals surface area contributed by atoms with Crippen molar-refractivity contribution in [2.75, 3.05) is 19.0 Å². The fourth-order valence-electron chi connectivity index (χ4n) is 1.96.